The van der Waals surface area contributed by atoms with Crippen molar-refractivity contribution in [1.29, 1.82) is 0 Å². The van der Waals surface area contributed by atoms with E-state index in [-0.39, 0.29) is 23.8 Å². The summed E-state index contributed by atoms with van der Waals surface area (Å²) in [5.41, 5.74) is -0.523. The molecule has 4 nitrogen and oxygen atoms in total. The first-order valence-electron chi connectivity index (χ1n) is 5.56. The maximum Gasteiger partial charge on any atom is 0.410 e. The van der Waals surface area contributed by atoms with Gasteiger partial charge in [-0.05, 0) is 41.5 Å². The monoisotopic (exact) mass is 231 g/mol. The van der Waals surface area contributed by atoms with Crippen LogP contribution in [0.1, 0.15) is 41.5 Å². The molecule has 1 amide bonds. The fourth-order valence-electron chi connectivity index (χ4n) is 1.83. The molecule has 0 fully saturated rings. The third kappa shape index (κ3) is 4.84. The number of hydrogen-bond acceptors (Lipinski definition) is 3. The van der Waals surface area contributed by atoms with Crippen LogP contribution in [0.4, 0.5) is 4.79 Å². The molecular formula is C12H25NO3. The van der Waals surface area contributed by atoms with Crippen molar-refractivity contribution in [3.63, 3.8) is 0 Å². The second-order valence-corrected chi connectivity index (χ2v) is 5.78. The predicted octanol–water partition coefficient (Wildman–Crippen LogP) is 2.67. The molecule has 0 aliphatic rings. The second kappa shape index (κ2) is 5.53. The van der Waals surface area contributed by atoms with Crippen LogP contribution in [-0.4, -0.2) is 42.4 Å². The topological polar surface area (TPSA) is 38.8 Å². The van der Waals surface area contributed by atoms with Crippen LogP contribution in [0.3, 0.4) is 0 Å². The molecule has 0 unspecified atom stereocenters. The van der Waals surface area contributed by atoms with Crippen LogP contribution < -0.4 is 0 Å². The molecule has 0 saturated heterocycles. The first-order valence-corrected chi connectivity index (χ1v) is 5.56. The van der Waals surface area contributed by atoms with Gasteiger partial charge in [-0.2, -0.15) is 0 Å². The van der Waals surface area contributed by atoms with Gasteiger partial charge in [0, 0.05) is 18.2 Å². The van der Waals surface area contributed by atoms with Gasteiger partial charge in [0.25, 0.3) is 0 Å². The fourth-order valence-corrected chi connectivity index (χ4v) is 1.83. The molecule has 96 valence electrons. The van der Waals surface area contributed by atoms with Crippen molar-refractivity contribution >= 4 is 6.09 Å². The summed E-state index contributed by atoms with van der Waals surface area (Å²) in [6.07, 6.45) is -0.294. The van der Waals surface area contributed by atoms with Crippen molar-refractivity contribution in [1.82, 2.24) is 4.90 Å². The Morgan fingerprint density at radius 1 is 1.00 bits per heavy atom. The lowest BCUT2D eigenvalue weighted by molar-refractivity contribution is 0.0107. The third-order valence-electron chi connectivity index (χ3n) is 2.04. The number of nitrogens with zero attached hydrogens (tertiary/aromatic N) is 1. The Bertz CT molecular complexity index is 211. The van der Waals surface area contributed by atoms with Crippen LogP contribution in [-0.2, 0) is 9.47 Å². The van der Waals surface area contributed by atoms with Crippen LogP contribution in [0, 0.1) is 0 Å². The number of rotatable bonds is 3. The third-order valence-corrected chi connectivity index (χ3v) is 2.04. The zero-order valence-corrected chi connectivity index (χ0v) is 11.6. The molecule has 0 aromatic heterocycles. The van der Waals surface area contributed by atoms with Gasteiger partial charge in [0.2, 0.25) is 0 Å². The molecule has 0 aliphatic carbocycles. The van der Waals surface area contributed by atoms with Gasteiger partial charge in [0.05, 0.1) is 6.61 Å². The van der Waals surface area contributed by atoms with E-state index in [9.17, 15) is 4.79 Å². The lowest BCUT2D eigenvalue weighted by Crippen LogP contribution is -2.55. The minimum Gasteiger partial charge on any atom is -0.447 e. The standard InChI is InChI=1S/C12H25NO3/c1-11(2,3)13(12(4,5)6)10(14)16-9-8-15-7/h8-9H2,1-7H3. The Kier molecular flexibility index (Phi) is 5.26. The van der Waals surface area contributed by atoms with Crippen molar-refractivity contribution in [3.8, 4) is 0 Å². The second-order valence-electron chi connectivity index (χ2n) is 5.78. The fraction of sp³-hybridized carbons (Fsp3) is 0.917. The first kappa shape index (κ1) is 15.2. The number of amides is 1. The Balaban J connectivity index is 4.61. The van der Waals surface area contributed by atoms with E-state index < -0.39 is 0 Å². The van der Waals surface area contributed by atoms with E-state index in [2.05, 4.69) is 0 Å². The molecule has 0 saturated carbocycles. The van der Waals surface area contributed by atoms with E-state index >= 15 is 0 Å². The highest BCUT2D eigenvalue weighted by atomic mass is 16.6. The van der Waals surface area contributed by atoms with Crippen LogP contribution in [0.25, 0.3) is 0 Å². The van der Waals surface area contributed by atoms with Crippen molar-refractivity contribution in [2.75, 3.05) is 20.3 Å². The van der Waals surface area contributed by atoms with Gasteiger partial charge in [-0.25, -0.2) is 4.79 Å². The van der Waals surface area contributed by atoms with E-state index in [0.29, 0.717) is 6.61 Å². The van der Waals surface area contributed by atoms with Gasteiger partial charge >= 0.3 is 6.09 Å². The Hall–Kier alpha value is -0.770. The molecule has 0 atom stereocenters. The normalized spacial score (nSPS) is 12.4. The van der Waals surface area contributed by atoms with Gasteiger partial charge < -0.3 is 9.47 Å². The quantitative estimate of drug-likeness (QED) is 0.701. The molecule has 16 heavy (non-hydrogen) atoms. The largest absolute Gasteiger partial charge is 0.447 e. The number of methoxy groups -OCH3 is 1. The van der Waals surface area contributed by atoms with Crippen LogP contribution in [0.2, 0.25) is 0 Å². The number of carbonyl (C=O) groups excluding carboxylic acids is 1. The summed E-state index contributed by atoms with van der Waals surface area (Å²) in [4.78, 5) is 13.7. The van der Waals surface area contributed by atoms with Crippen LogP contribution in [0.15, 0.2) is 0 Å². The number of ether oxygens (including phenoxy) is 2. The van der Waals surface area contributed by atoms with E-state index in [0.717, 1.165) is 0 Å². The van der Waals surface area contributed by atoms with E-state index in [1.807, 2.05) is 41.5 Å². The molecule has 0 rings (SSSR count). The molecule has 0 bridgehead atoms. The summed E-state index contributed by atoms with van der Waals surface area (Å²) < 4.78 is 10.0. The van der Waals surface area contributed by atoms with Gasteiger partial charge in [0.1, 0.15) is 6.61 Å². The molecule has 4 heteroatoms. The Labute approximate surface area is 98.9 Å². The highest BCUT2D eigenvalue weighted by Gasteiger charge is 2.36. The molecule has 0 N–H and O–H groups in total. The summed E-state index contributed by atoms with van der Waals surface area (Å²) in [5, 5.41) is 0. The van der Waals surface area contributed by atoms with Gasteiger partial charge in [-0.3, -0.25) is 4.90 Å². The van der Waals surface area contributed by atoms with Gasteiger partial charge in [0.15, 0.2) is 0 Å². The molecule has 0 aliphatic heterocycles. The van der Waals surface area contributed by atoms with Crippen molar-refractivity contribution < 1.29 is 14.3 Å². The van der Waals surface area contributed by atoms with E-state index in [1.165, 1.54) is 0 Å². The SMILES string of the molecule is COCCOC(=O)N(C(C)(C)C)C(C)(C)C. The average Bonchev–Trinajstić information content (AvgIpc) is 1.98. The Morgan fingerprint density at radius 3 is 1.75 bits per heavy atom. The summed E-state index contributed by atoms with van der Waals surface area (Å²) >= 11 is 0. The minimum absolute atomic E-state index is 0.262. The average molecular weight is 231 g/mol. The van der Waals surface area contributed by atoms with Crippen molar-refractivity contribution in [2.24, 2.45) is 0 Å². The van der Waals surface area contributed by atoms with Crippen molar-refractivity contribution in [3.05, 3.63) is 0 Å². The molecule has 0 radical (unpaired) electrons. The highest BCUT2D eigenvalue weighted by Crippen LogP contribution is 2.25. The number of hydrogen-bond donors (Lipinski definition) is 0. The van der Waals surface area contributed by atoms with Crippen LogP contribution >= 0.6 is 0 Å². The number of carbonyl (C=O) groups is 1. The first-order chi connectivity index (χ1) is 7.10. The van der Waals surface area contributed by atoms with Crippen molar-refractivity contribution in [2.45, 2.75) is 52.6 Å². The molecular weight excluding hydrogens is 206 g/mol. The lowest BCUT2D eigenvalue weighted by atomic mass is 9.97. The zero-order chi connectivity index (χ0) is 13.0. The molecule has 0 aromatic rings. The summed E-state index contributed by atoms with van der Waals surface area (Å²) in [7, 11) is 1.58. The van der Waals surface area contributed by atoms with E-state index in [1.54, 1.807) is 12.0 Å². The Morgan fingerprint density at radius 2 is 1.44 bits per heavy atom. The highest BCUT2D eigenvalue weighted by molar-refractivity contribution is 5.69. The van der Waals surface area contributed by atoms with Gasteiger partial charge in [-0.1, -0.05) is 0 Å². The molecule has 0 heterocycles. The van der Waals surface area contributed by atoms with Crippen LogP contribution in [0.5, 0.6) is 0 Å². The lowest BCUT2D eigenvalue weighted by Gasteiger charge is -2.44. The van der Waals surface area contributed by atoms with E-state index in [4.69, 9.17) is 9.47 Å². The summed E-state index contributed by atoms with van der Waals surface area (Å²) in [6, 6.07) is 0. The maximum absolute atomic E-state index is 12.0. The smallest absolute Gasteiger partial charge is 0.410 e. The summed E-state index contributed by atoms with van der Waals surface area (Å²) in [6.45, 7) is 12.7. The maximum atomic E-state index is 12.0. The minimum atomic E-state index is -0.294. The summed E-state index contributed by atoms with van der Waals surface area (Å²) in [5.74, 6) is 0. The molecule has 0 spiro atoms. The molecule has 0 aromatic carbocycles. The zero-order valence-electron chi connectivity index (χ0n) is 11.6. The predicted molar refractivity (Wildman–Crippen MR) is 64.6 cm³/mol. The van der Waals surface area contributed by atoms with Gasteiger partial charge in [-0.15, -0.1) is 0 Å².